The summed E-state index contributed by atoms with van der Waals surface area (Å²) in [5.41, 5.74) is 1.59. The molecule has 0 radical (unpaired) electrons. The van der Waals surface area contributed by atoms with Crippen LogP contribution in [0.3, 0.4) is 0 Å². The van der Waals surface area contributed by atoms with Gasteiger partial charge in [-0.1, -0.05) is 19.9 Å². The molecule has 2 aromatic rings. The molecule has 26 heavy (non-hydrogen) atoms. The van der Waals surface area contributed by atoms with Gasteiger partial charge in [-0.2, -0.15) is 0 Å². The van der Waals surface area contributed by atoms with Gasteiger partial charge in [0.25, 0.3) is 5.91 Å². The normalized spacial score (nSPS) is 20.1. The molecule has 3 heterocycles. The molecule has 2 atom stereocenters. The van der Waals surface area contributed by atoms with E-state index < -0.39 is 12.1 Å². The highest BCUT2D eigenvalue weighted by molar-refractivity contribution is 7.09. The van der Waals surface area contributed by atoms with E-state index >= 15 is 0 Å². The number of amides is 2. The molecule has 0 unspecified atom stereocenters. The molecule has 0 spiro atoms. The Hall–Kier alpha value is -2.32. The molecule has 7 nitrogen and oxygen atoms in total. The number of nitrogens with one attached hydrogen (secondary N) is 1. The number of ether oxygens (including phenoxy) is 1. The smallest absolute Gasteiger partial charge is 0.254 e. The number of nitrogens with zero attached hydrogens (tertiary/aromatic N) is 3. The highest BCUT2D eigenvalue weighted by atomic mass is 32.1. The number of hydrogen-bond donors (Lipinski definition) is 1. The monoisotopic (exact) mass is 374 g/mol. The summed E-state index contributed by atoms with van der Waals surface area (Å²) in [5.74, 6) is -0.0776. The number of aromatic nitrogens is 2. The number of rotatable bonds is 5. The number of thiazole rings is 1. The minimum Gasteiger partial charge on any atom is -0.356 e. The van der Waals surface area contributed by atoms with Crippen molar-refractivity contribution < 1.29 is 14.3 Å². The van der Waals surface area contributed by atoms with Gasteiger partial charge in [-0.25, -0.2) is 4.98 Å². The number of pyridine rings is 1. The van der Waals surface area contributed by atoms with Gasteiger partial charge in [0, 0.05) is 30.7 Å². The fraction of sp³-hybridized carbons (Fsp3) is 0.444. The van der Waals surface area contributed by atoms with Crippen LogP contribution in [0.2, 0.25) is 0 Å². The first-order chi connectivity index (χ1) is 12.5. The standard InChI is InChI=1S/C18H22N4O3S/c1-11(2)17-20-13(10-26-17)8-22(3)18(24)16-15(21-14(23)9-25-16)12-5-4-6-19-7-12/h4-7,10-11,15-16H,8-9H2,1-3H3,(H,21,23)/t15-,16+/m1/s1. The second-order valence-corrected chi connectivity index (χ2v) is 7.48. The molecule has 1 aliphatic heterocycles. The van der Waals surface area contributed by atoms with Crippen LogP contribution >= 0.6 is 11.3 Å². The number of carbonyl (C=O) groups is 2. The van der Waals surface area contributed by atoms with Crippen LogP contribution in [0.4, 0.5) is 0 Å². The Morgan fingerprint density at radius 1 is 1.50 bits per heavy atom. The van der Waals surface area contributed by atoms with Crippen molar-refractivity contribution in [2.45, 2.75) is 38.5 Å². The van der Waals surface area contributed by atoms with Crippen molar-refractivity contribution >= 4 is 23.2 Å². The number of hydrogen-bond acceptors (Lipinski definition) is 6. The molecule has 138 valence electrons. The van der Waals surface area contributed by atoms with Gasteiger partial charge in [-0.05, 0) is 11.6 Å². The molecule has 1 saturated heterocycles. The molecule has 0 bridgehead atoms. The van der Waals surface area contributed by atoms with Gasteiger partial charge in [0.15, 0.2) is 6.10 Å². The van der Waals surface area contributed by atoms with E-state index in [0.717, 1.165) is 16.3 Å². The largest absolute Gasteiger partial charge is 0.356 e. The highest BCUT2D eigenvalue weighted by Gasteiger charge is 2.37. The molecular formula is C18H22N4O3S. The van der Waals surface area contributed by atoms with E-state index in [4.69, 9.17) is 4.74 Å². The van der Waals surface area contributed by atoms with Crippen molar-refractivity contribution in [3.63, 3.8) is 0 Å². The van der Waals surface area contributed by atoms with E-state index in [-0.39, 0.29) is 18.4 Å². The predicted molar refractivity (Wildman–Crippen MR) is 97.5 cm³/mol. The van der Waals surface area contributed by atoms with Gasteiger partial charge in [-0.3, -0.25) is 14.6 Å². The second kappa shape index (κ2) is 7.92. The minimum absolute atomic E-state index is 0.130. The lowest BCUT2D eigenvalue weighted by Crippen LogP contribution is -2.52. The molecule has 2 aromatic heterocycles. The molecule has 0 aliphatic carbocycles. The summed E-state index contributed by atoms with van der Waals surface area (Å²) in [7, 11) is 1.72. The summed E-state index contributed by atoms with van der Waals surface area (Å²) >= 11 is 1.60. The summed E-state index contributed by atoms with van der Waals surface area (Å²) in [6.45, 7) is 4.45. The maximum absolute atomic E-state index is 12.9. The fourth-order valence-corrected chi connectivity index (χ4v) is 3.61. The van der Waals surface area contributed by atoms with Gasteiger partial charge < -0.3 is 15.0 Å². The van der Waals surface area contributed by atoms with Crippen LogP contribution in [0.15, 0.2) is 29.9 Å². The Morgan fingerprint density at radius 2 is 2.31 bits per heavy atom. The molecule has 0 aromatic carbocycles. The van der Waals surface area contributed by atoms with E-state index in [2.05, 4.69) is 29.1 Å². The average molecular weight is 374 g/mol. The third kappa shape index (κ3) is 4.08. The maximum Gasteiger partial charge on any atom is 0.254 e. The first-order valence-corrected chi connectivity index (χ1v) is 9.34. The van der Waals surface area contributed by atoms with Gasteiger partial charge in [0.2, 0.25) is 5.91 Å². The van der Waals surface area contributed by atoms with Crippen molar-refractivity contribution in [2.75, 3.05) is 13.7 Å². The summed E-state index contributed by atoms with van der Waals surface area (Å²) in [4.78, 5) is 34.9. The van der Waals surface area contributed by atoms with Crippen molar-refractivity contribution in [1.82, 2.24) is 20.2 Å². The van der Waals surface area contributed by atoms with E-state index in [9.17, 15) is 9.59 Å². The quantitative estimate of drug-likeness (QED) is 0.864. The highest BCUT2D eigenvalue weighted by Crippen LogP contribution is 2.24. The van der Waals surface area contributed by atoms with Crippen LogP contribution in [0.25, 0.3) is 0 Å². The third-order valence-electron chi connectivity index (χ3n) is 4.14. The molecule has 3 rings (SSSR count). The molecular weight excluding hydrogens is 352 g/mol. The number of carbonyl (C=O) groups excluding carboxylic acids is 2. The summed E-state index contributed by atoms with van der Waals surface area (Å²) in [6.07, 6.45) is 2.49. The summed E-state index contributed by atoms with van der Waals surface area (Å²) < 4.78 is 5.57. The van der Waals surface area contributed by atoms with Crippen LogP contribution in [0, 0.1) is 0 Å². The van der Waals surface area contributed by atoms with E-state index in [1.165, 1.54) is 0 Å². The lowest BCUT2D eigenvalue weighted by atomic mass is 10.0. The lowest BCUT2D eigenvalue weighted by molar-refractivity contribution is -0.154. The van der Waals surface area contributed by atoms with Crippen molar-refractivity contribution in [1.29, 1.82) is 0 Å². The zero-order valence-electron chi connectivity index (χ0n) is 15.0. The predicted octanol–water partition coefficient (Wildman–Crippen LogP) is 1.88. The van der Waals surface area contributed by atoms with Gasteiger partial charge in [-0.15, -0.1) is 11.3 Å². The van der Waals surface area contributed by atoms with Gasteiger partial charge >= 0.3 is 0 Å². The SMILES string of the molecule is CC(C)c1nc(CN(C)C(=O)[C@H]2OCC(=O)N[C@@H]2c2cccnc2)cs1. The zero-order valence-corrected chi connectivity index (χ0v) is 15.8. The van der Waals surface area contributed by atoms with Crippen LogP contribution in [-0.2, 0) is 20.9 Å². The molecule has 1 aliphatic rings. The van der Waals surface area contributed by atoms with Crippen molar-refractivity contribution in [3.05, 3.63) is 46.2 Å². The molecule has 8 heteroatoms. The number of morpholine rings is 1. The van der Waals surface area contributed by atoms with Gasteiger partial charge in [0.05, 0.1) is 23.3 Å². The van der Waals surface area contributed by atoms with E-state index in [1.54, 1.807) is 41.7 Å². The maximum atomic E-state index is 12.9. The Balaban J connectivity index is 1.74. The Morgan fingerprint density at radius 3 is 2.96 bits per heavy atom. The first kappa shape index (κ1) is 18.5. The third-order valence-corrected chi connectivity index (χ3v) is 5.33. The lowest BCUT2D eigenvalue weighted by Gasteiger charge is -2.33. The van der Waals surface area contributed by atoms with Crippen LogP contribution < -0.4 is 5.32 Å². The summed E-state index contributed by atoms with van der Waals surface area (Å²) in [6, 6.07) is 3.04. The van der Waals surface area contributed by atoms with Crippen LogP contribution in [0.1, 0.15) is 42.1 Å². The van der Waals surface area contributed by atoms with E-state index in [0.29, 0.717) is 12.5 Å². The Labute approximate surface area is 156 Å². The number of likely N-dealkylation sites (N-methyl/N-ethyl adjacent to an activating group) is 1. The van der Waals surface area contributed by atoms with Crippen molar-refractivity contribution in [2.24, 2.45) is 0 Å². The molecule has 2 amide bonds. The second-order valence-electron chi connectivity index (χ2n) is 6.59. The topological polar surface area (TPSA) is 84.4 Å². The summed E-state index contributed by atoms with van der Waals surface area (Å²) in [5, 5.41) is 5.86. The molecule has 1 N–H and O–H groups in total. The molecule has 1 fully saturated rings. The zero-order chi connectivity index (χ0) is 18.7. The van der Waals surface area contributed by atoms with Crippen molar-refractivity contribution in [3.8, 4) is 0 Å². The Kier molecular flexibility index (Phi) is 5.63. The van der Waals surface area contributed by atoms with Crippen LogP contribution in [0.5, 0.6) is 0 Å². The van der Waals surface area contributed by atoms with Gasteiger partial charge in [0.1, 0.15) is 6.61 Å². The average Bonchev–Trinajstić information content (AvgIpc) is 3.10. The first-order valence-electron chi connectivity index (χ1n) is 8.46. The van der Waals surface area contributed by atoms with E-state index in [1.807, 2.05) is 11.4 Å². The minimum atomic E-state index is -0.787. The van der Waals surface area contributed by atoms with Crippen LogP contribution in [-0.4, -0.2) is 46.4 Å². The Bertz CT molecular complexity index is 778. The fourth-order valence-electron chi connectivity index (χ4n) is 2.78. The molecule has 0 saturated carbocycles.